The van der Waals surface area contributed by atoms with Gasteiger partial charge in [-0.1, -0.05) is 34.1 Å². The van der Waals surface area contributed by atoms with E-state index < -0.39 is 0 Å². The van der Waals surface area contributed by atoms with E-state index in [0.717, 1.165) is 18.6 Å². The summed E-state index contributed by atoms with van der Waals surface area (Å²) >= 11 is 7.10. The number of benzene rings is 1. The Bertz CT molecular complexity index is 301. The highest BCUT2D eigenvalue weighted by molar-refractivity contribution is 9.12. The highest BCUT2D eigenvalue weighted by atomic mass is 79.9. The summed E-state index contributed by atoms with van der Waals surface area (Å²) in [5, 5.41) is 0.0798. The highest BCUT2D eigenvalue weighted by Crippen LogP contribution is 2.31. The molecule has 0 bridgehead atoms. The zero-order valence-electron chi connectivity index (χ0n) is 7.04. The van der Waals surface area contributed by atoms with Gasteiger partial charge in [-0.2, -0.15) is 0 Å². The van der Waals surface area contributed by atoms with Gasteiger partial charge in [-0.25, -0.2) is 0 Å². The molecule has 70 valence electrons. The number of rotatable bonds is 0. The van der Waals surface area contributed by atoms with E-state index in [4.69, 9.17) is 4.74 Å². The predicted octanol–water partition coefficient (Wildman–Crippen LogP) is 3.50. The molecule has 2 unspecified atom stereocenters. The lowest BCUT2D eigenvalue weighted by Gasteiger charge is -2.14. The van der Waals surface area contributed by atoms with Crippen molar-refractivity contribution in [1.29, 1.82) is 0 Å². The zero-order valence-corrected chi connectivity index (χ0v) is 10.2. The van der Waals surface area contributed by atoms with Crippen LogP contribution in [0.2, 0.25) is 0 Å². The van der Waals surface area contributed by atoms with Crippen molar-refractivity contribution in [3.8, 4) is 5.75 Å². The van der Waals surface area contributed by atoms with Gasteiger partial charge in [0.25, 0.3) is 0 Å². The van der Waals surface area contributed by atoms with Crippen molar-refractivity contribution in [1.82, 2.24) is 0 Å². The molecule has 0 saturated heterocycles. The zero-order chi connectivity index (χ0) is 9.26. The smallest absolute Gasteiger partial charge is 0.165 e. The average Bonchev–Trinajstić information content (AvgIpc) is 2.28. The molecule has 0 saturated carbocycles. The molecule has 0 aliphatic carbocycles. The monoisotopic (exact) mass is 304 g/mol. The predicted molar refractivity (Wildman–Crippen MR) is 60.8 cm³/mol. The molecule has 1 aromatic carbocycles. The van der Waals surface area contributed by atoms with Gasteiger partial charge in [0.15, 0.2) is 5.01 Å². The van der Waals surface area contributed by atoms with Gasteiger partial charge < -0.3 is 4.74 Å². The van der Waals surface area contributed by atoms with Crippen molar-refractivity contribution in [3.63, 3.8) is 0 Å². The largest absolute Gasteiger partial charge is 0.478 e. The van der Waals surface area contributed by atoms with Crippen molar-refractivity contribution >= 4 is 31.9 Å². The van der Waals surface area contributed by atoms with Crippen LogP contribution in [0.3, 0.4) is 0 Å². The SMILES string of the molecule is BrC1CCc2ccccc2OC1Br. The van der Waals surface area contributed by atoms with Crippen LogP contribution >= 0.6 is 31.9 Å². The van der Waals surface area contributed by atoms with Gasteiger partial charge in [-0.05, 0) is 40.4 Å². The van der Waals surface area contributed by atoms with Gasteiger partial charge in [-0.3, -0.25) is 0 Å². The van der Waals surface area contributed by atoms with Crippen LogP contribution in [0.1, 0.15) is 12.0 Å². The molecule has 1 aliphatic rings. The molecule has 0 fully saturated rings. The van der Waals surface area contributed by atoms with Crippen LogP contribution in [0.25, 0.3) is 0 Å². The third-order valence-electron chi connectivity index (χ3n) is 2.19. The first kappa shape index (κ1) is 9.53. The van der Waals surface area contributed by atoms with Crippen LogP contribution in [0.15, 0.2) is 24.3 Å². The molecule has 1 nitrogen and oxygen atoms in total. The number of halogens is 2. The van der Waals surface area contributed by atoms with Gasteiger partial charge in [0.2, 0.25) is 0 Å². The number of hydrogen-bond donors (Lipinski definition) is 0. The first-order chi connectivity index (χ1) is 6.27. The van der Waals surface area contributed by atoms with E-state index in [-0.39, 0.29) is 5.01 Å². The van der Waals surface area contributed by atoms with Crippen molar-refractivity contribution in [2.75, 3.05) is 0 Å². The summed E-state index contributed by atoms with van der Waals surface area (Å²) in [5.74, 6) is 1.01. The number of hydrogen-bond acceptors (Lipinski definition) is 1. The Morgan fingerprint density at radius 3 is 2.85 bits per heavy atom. The third kappa shape index (κ3) is 2.08. The molecule has 0 amide bonds. The lowest BCUT2D eigenvalue weighted by Crippen LogP contribution is -2.18. The number of para-hydroxylation sites is 1. The van der Waals surface area contributed by atoms with Crippen LogP contribution in [-0.2, 0) is 6.42 Å². The second kappa shape index (κ2) is 4.01. The molecule has 0 aromatic heterocycles. The molecule has 0 N–H and O–H groups in total. The number of alkyl halides is 2. The lowest BCUT2D eigenvalue weighted by atomic mass is 10.1. The molecule has 1 aliphatic heterocycles. The summed E-state index contributed by atoms with van der Waals surface area (Å²) in [5.41, 5.74) is 1.30. The van der Waals surface area contributed by atoms with E-state index in [1.165, 1.54) is 5.56 Å². The Hall–Kier alpha value is -0.0200. The maximum absolute atomic E-state index is 5.74. The first-order valence-corrected chi connectivity index (χ1v) is 6.13. The number of fused-ring (bicyclic) bond motifs is 1. The van der Waals surface area contributed by atoms with Crippen LogP contribution in [0, 0.1) is 0 Å². The van der Waals surface area contributed by atoms with E-state index in [2.05, 4.69) is 44.0 Å². The van der Waals surface area contributed by atoms with Gasteiger partial charge in [0.05, 0.1) is 4.83 Å². The van der Waals surface area contributed by atoms with Crippen LogP contribution < -0.4 is 4.74 Å². The van der Waals surface area contributed by atoms with Gasteiger partial charge in [0, 0.05) is 0 Å². The fourth-order valence-corrected chi connectivity index (χ4v) is 2.25. The summed E-state index contributed by atoms with van der Waals surface area (Å²) in [6.07, 6.45) is 2.18. The minimum atomic E-state index is 0.0798. The second-order valence-corrected chi connectivity index (χ2v) is 5.21. The maximum atomic E-state index is 5.74. The molecular weight excluding hydrogens is 296 g/mol. The molecule has 13 heavy (non-hydrogen) atoms. The fourth-order valence-electron chi connectivity index (χ4n) is 1.44. The summed E-state index contributed by atoms with van der Waals surface area (Å²) in [6, 6.07) is 8.21. The van der Waals surface area contributed by atoms with Crippen LogP contribution in [0.4, 0.5) is 0 Å². The Balaban J connectivity index is 2.29. The van der Waals surface area contributed by atoms with Crippen molar-refractivity contribution in [3.05, 3.63) is 29.8 Å². The Morgan fingerprint density at radius 1 is 1.23 bits per heavy atom. The minimum Gasteiger partial charge on any atom is -0.478 e. The Labute approximate surface area is 94.7 Å². The number of aryl methyl sites for hydroxylation is 1. The van der Waals surface area contributed by atoms with E-state index >= 15 is 0 Å². The van der Waals surface area contributed by atoms with Gasteiger partial charge >= 0.3 is 0 Å². The standard InChI is InChI=1S/C10H10Br2O/c11-8-6-5-7-3-1-2-4-9(7)13-10(8)12/h1-4,8,10H,5-6H2. The van der Waals surface area contributed by atoms with E-state index in [9.17, 15) is 0 Å². The Morgan fingerprint density at radius 2 is 2.00 bits per heavy atom. The van der Waals surface area contributed by atoms with E-state index in [1.54, 1.807) is 0 Å². The molecule has 3 heteroatoms. The molecule has 2 atom stereocenters. The fraction of sp³-hybridized carbons (Fsp3) is 0.400. The molecule has 1 heterocycles. The number of ether oxygens (including phenoxy) is 1. The summed E-state index contributed by atoms with van der Waals surface area (Å²) < 4.78 is 5.74. The average molecular weight is 306 g/mol. The third-order valence-corrected chi connectivity index (χ3v) is 4.66. The molecule has 1 aromatic rings. The lowest BCUT2D eigenvalue weighted by molar-refractivity contribution is 0.297. The topological polar surface area (TPSA) is 9.23 Å². The maximum Gasteiger partial charge on any atom is 0.165 e. The van der Waals surface area contributed by atoms with Gasteiger partial charge in [-0.15, -0.1) is 0 Å². The molecular formula is C10H10Br2O. The summed E-state index contributed by atoms with van der Waals surface area (Å²) in [6.45, 7) is 0. The second-order valence-electron chi connectivity index (χ2n) is 3.13. The molecule has 0 radical (unpaired) electrons. The molecule has 2 rings (SSSR count). The summed E-state index contributed by atoms with van der Waals surface area (Å²) in [7, 11) is 0. The van der Waals surface area contributed by atoms with Crippen molar-refractivity contribution in [2.45, 2.75) is 22.7 Å². The highest BCUT2D eigenvalue weighted by Gasteiger charge is 2.22. The van der Waals surface area contributed by atoms with Gasteiger partial charge in [0.1, 0.15) is 5.75 Å². The van der Waals surface area contributed by atoms with Crippen LogP contribution in [-0.4, -0.2) is 9.84 Å². The quantitative estimate of drug-likeness (QED) is 0.667. The van der Waals surface area contributed by atoms with Crippen molar-refractivity contribution in [2.24, 2.45) is 0 Å². The first-order valence-electron chi connectivity index (χ1n) is 4.30. The Kier molecular flexibility index (Phi) is 2.94. The van der Waals surface area contributed by atoms with Crippen LogP contribution in [0.5, 0.6) is 5.75 Å². The normalized spacial score (nSPS) is 27.2. The molecule has 0 spiro atoms. The van der Waals surface area contributed by atoms with E-state index in [0.29, 0.717) is 4.83 Å². The van der Waals surface area contributed by atoms with Crippen molar-refractivity contribution < 1.29 is 4.74 Å². The summed E-state index contributed by atoms with van der Waals surface area (Å²) in [4.78, 5) is 0.389. The van der Waals surface area contributed by atoms with E-state index in [1.807, 2.05) is 12.1 Å². The minimum absolute atomic E-state index is 0.0798.